The van der Waals surface area contributed by atoms with Crippen molar-refractivity contribution in [3.63, 3.8) is 0 Å². The Balaban J connectivity index is 2.45. The van der Waals surface area contributed by atoms with Crippen molar-refractivity contribution >= 4 is 21.9 Å². The Kier molecular flexibility index (Phi) is 3.63. The number of fused-ring (bicyclic) bond motifs is 1. The second-order valence-corrected chi connectivity index (χ2v) is 6.09. The smallest absolute Gasteiger partial charge is 0.335 e. The zero-order chi connectivity index (χ0) is 14.9. The number of amides is 1. The predicted molar refractivity (Wildman–Crippen MR) is 71.1 cm³/mol. The fourth-order valence-corrected chi connectivity index (χ4v) is 3.60. The number of aromatic carboxylic acids is 1. The minimum atomic E-state index is -3.95. The second kappa shape index (κ2) is 5.09. The van der Waals surface area contributed by atoms with Gasteiger partial charge in [0, 0.05) is 6.54 Å². The van der Waals surface area contributed by atoms with E-state index in [1.165, 1.54) is 12.1 Å². The molecule has 0 aliphatic carbocycles. The van der Waals surface area contributed by atoms with E-state index in [1.807, 2.05) is 0 Å². The van der Waals surface area contributed by atoms with E-state index < -0.39 is 21.9 Å². The first-order valence-electron chi connectivity index (χ1n) is 5.95. The molecule has 106 valence electrons. The number of sulfonamides is 1. The van der Waals surface area contributed by atoms with Gasteiger partial charge in [0.1, 0.15) is 4.90 Å². The topological polar surface area (TPSA) is 91.8 Å². The number of allylic oxidation sites excluding steroid dienone is 1. The normalized spacial score (nSPS) is 16.6. The van der Waals surface area contributed by atoms with Crippen LogP contribution in [-0.2, 0) is 10.0 Å². The lowest BCUT2D eigenvalue weighted by Gasteiger charge is -2.13. The number of hydrogen-bond donors (Lipinski definition) is 1. The number of carboxylic acids is 1. The summed E-state index contributed by atoms with van der Waals surface area (Å²) in [6.07, 6.45) is 3.94. The Labute approximate surface area is 116 Å². The maximum atomic E-state index is 12.3. The van der Waals surface area contributed by atoms with Gasteiger partial charge in [-0.25, -0.2) is 17.5 Å². The van der Waals surface area contributed by atoms with Gasteiger partial charge in [0.05, 0.1) is 11.1 Å². The van der Waals surface area contributed by atoms with E-state index in [4.69, 9.17) is 5.11 Å². The number of benzene rings is 1. The molecule has 1 aliphatic rings. The maximum absolute atomic E-state index is 12.3. The van der Waals surface area contributed by atoms with Crippen LogP contribution in [-0.4, -0.2) is 36.3 Å². The summed E-state index contributed by atoms with van der Waals surface area (Å²) in [5, 5.41) is 8.89. The number of nitrogens with zero attached hydrogens (tertiary/aromatic N) is 1. The zero-order valence-corrected chi connectivity index (χ0v) is 11.6. The van der Waals surface area contributed by atoms with Gasteiger partial charge in [-0.2, -0.15) is 0 Å². The van der Waals surface area contributed by atoms with Crippen LogP contribution in [0.25, 0.3) is 0 Å². The third-order valence-electron chi connectivity index (χ3n) is 2.99. The summed E-state index contributed by atoms with van der Waals surface area (Å²) in [4.78, 5) is 22.7. The summed E-state index contributed by atoms with van der Waals surface area (Å²) >= 11 is 0. The average molecular weight is 295 g/mol. The largest absolute Gasteiger partial charge is 0.478 e. The molecule has 1 N–H and O–H groups in total. The summed E-state index contributed by atoms with van der Waals surface area (Å²) in [7, 11) is -3.95. The van der Waals surface area contributed by atoms with Crippen LogP contribution in [0.1, 0.15) is 34.1 Å². The molecule has 1 aliphatic heterocycles. The van der Waals surface area contributed by atoms with Crippen molar-refractivity contribution in [1.82, 2.24) is 4.31 Å². The van der Waals surface area contributed by atoms with Crippen LogP contribution >= 0.6 is 0 Å². The van der Waals surface area contributed by atoms with Crippen LogP contribution < -0.4 is 0 Å². The highest BCUT2D eigenvalue weighted by atomic mass is 32.2. The lowest BCUT2D eigenvalue weighted by Crippen LogP contribution is -2.30. The summed E-state index contributed by atoms with van der Waals surface area (Å²) in [5.41, 5.74) is -0.133. The first-order valence-corrected chi connectivity index (χ1v) is 7.39. The Bertz CT molecular complexity index is 705. The van der Waals surface area contributed by atoms with E-state index in [0.717, 1.165) is 10.4 Å². The first-order chi connectivity index (χ1) is 9.39. The van der Waals surface area contributed by atoms with Crippen molar-refractivity contribution in [2.24, 2.45) is 0 Å². The summed E-state index contributed by atoms with van der Waals surface area (Å²) in [6, 6.07) is 3.50. The number of carbonyl (C=O) groups excluding carboxylic acids is 1. The van der Waals surface area contributed by atoms with Gasteiger partial charge in [0.2, 0.25) is 0 Å². The molecule has 0 bridgehead atoms. The van der Waals surface area contributed by atoms with Crippen LogP contribution in [0.2, 0.25) is 0 Å². The molecule has 20 heavy (non-hydrogen) atoms. The van der Waals surface area contributed by atoms with E-state index in [9.17, 15) is 18.0 Å². The summed E-state index contributed by atoms with van der Waals surface area (Å²) < 4.78 is 25.3. The molecule has 0 radical (unpaired) electrons. The standard InChI is InChI=1S/C13H13NO5S/c1-2-3-4-7-14-12(15)10-6-5-9(13(16)17)8-11(10)20(14,18)19/h2-3,5-6,8H,4,7H2,1H3,(H,16,17)/b3-2+. The Morgan fingerprint density at radius 3 is 2.70 bits per heavy atom. The quantitative estimate of drug-likeness (QED) is 0.850. The molecule has 0 aromatic heterocycles. The molecule has 0 spiro atoms. The van der Waals surface area contributed by atoms with Gasteiger partial charge in [0.15, 0.2) is 0 Å². The molecule has 7 heteroatoms. The van der Waals surface area contributed by atoms with Crippen molar-refractivity contribution in [2.45, 2.75) is 18.2 Å². The molecule has 0 saturated heterocycles. The van der Waals surface area contributed by atoms with Gasteiger partial charge in [-0.3, -0.25) is 4.79 Å². The third-order valence-corrected chi connectivity index (χ3v) is 4.81. The Hall–Kier alpha value is -2.15. The van der Waals surface area contributed by atoms with Crippen molar-refractivity contribution < 1.29 is 23.1 Å². The van der Waals surface area contributed by atoms with Crippen LogP contribution in [0, 0.1) is 0 Å². The fourth-order valence-electron chi connectivity index (χ4n) is 1.99. The second-order valence-electron chi connectivity index (χ2n) is 4.26. The molecular weight excluding hydrogens is 282 g/mol. The van der Waals surface area contributed by atoms with Gasteiger partial charge in [-0.05, 0) is 31.5 Å². The monoisotopic (exact) mass is 295 g/mol. The van der Waals surface area contributed by atoms with Gasteiger partial charge < -0.3 is 5.11 Å². The number of carbonyl (C=O) groups is 2. The van der Waals surface area contributed by atoms with Crippen LogP contribution in [0.4, 0.5) is 0 Å². The highest BCUT2D eigenvalue weighted by Gasteiger charge is 2.40. The SMILES string of the molecule is C/C=C/CCN1C(=O)c2ccc(C(=O)O)cc2S1(=O)=O. The fraction of sp³-hybridized carbons (Fsp3) is 0.231. The molecular formula is C13H13NO5S. The van der Waals surface area contributed by atoms with Crippen LogP contribution in [0.15, 0.2) is 35.2 Å². The van der Waals surface area contributed by atoms with Crippen LogP contribution in [0.5, 0.6) is 0 Å². The predicted octanol–water partition coefficient (Wildman–Crippen LogP) is 1.50. The lowest BCUT2D eigenvalue weighted by atomic mass is 10.1. The molecule has 1 aromatic carbocycles. The van der Waals surface area contributed by atoms with Gasteiger partial charge in [0.25, 0.3) is 15.9 Å². The van der Waals surface area contributed by atoms with E-state index in [2.05, 4.69) is 0 Å². The number of hydrogen-bond acceptors (Lipinski definition) is 4. The highest BCUT2D eigenvalue weighted by Crippen LogP contribution is 2.31. The van der Waals surface area contributed by atoms with Gasteiger partial charge in [-0.1, -0.05) is 12.2 Å². The molecule has 1 aromatic rings. The van der Waals surface area contributed by atoms with Gasteiger partial charge in [-0.15, -0.1) is 0 Å². The molecule has 2 rings (SSSR count). The lowest BCUT2D eigenvalue weighted by molar-refractivity contribution is 0.0695. The average Bonchev–Trinajstić information content (AvgIpc) is 2.59. The van der Waals surface area contributed by atoms with Crippen molar-refractivity contribution in [3.8, 4) is 0 Å². The van der Waals surface area contributed by atoms with Crippen molar-refractivity contribution in [1.29, 1.82) is 0 Å². The summed E-state index contributed by atoms with van der Waals surface area (Å²) in [6.45, 7) is 1.84. The molecule has 1 heterocycles. The summed E-state index contributed by atoms with van der Waals surface area (Å²) in [5.74, 6) is -1.84. The van der Waals surface area contributed by atoms with Crippen molar-refractivity contribution in [3.05, 3.63) is 41.5 Å². The molecule has 0 atom stereocenters. The third kappa shape index (κ3) is 2.20. The number of carboxylic acid groups (broad SMARTS) is 1. The van der Waals surface area contributed by atoms with Gasteiger partial charge >= 0.3 is 5.97 Å². The zero-order valence-electron chi connectivity index (χ0n) is 10.7. The van der Waals surface area contributed by atoms with Crippen LogP contribution in [0.3, 0.4) is 0 Å². The number of rotatable bonds is 4. The van der Waals surface area contributed by atoms with E-state index >= 15 is 0 Å². The molecule has 0 unspecified atom stereocenters. The van der Waals surface area contributed by atoms with E-state index in [1.54, 1.807) is 19.1 Å². The Morgan fingerprint density at radius 1 is 1.40 bits per heavy atom. The Morgan fingerprint density at radius 2 is 2.10 bits per heavy atom. The van der Waals surface area contributed by atoms with E-state index in [-0.39, 0.29) is 22.6 Å². The van der Waals surface area contributed by atoms with E-state index in [0.29, 0.717) is 6.42 Å². The minimum Gasteiger partial charge on any atom is -0.478 e. The molecule has 0 fully saturated rings. The minimum absolute atomic E-state index is 0.0236. The first kappa shape index (κ1) is 14.3. The molecule has 0 saturated carbocycles. The maximum Gasteiger partial charge on any atom is 0.335 e. The molecule has 6 nitrogen and oxygen atoms in total. The molecule has 1 amide bonds. The highest BCUT2D eigenvalue weighted by molar-refractivity contribution is 7.90. The van der Waals surface area contributed by atoms with Crippen molar-refractivity contribution in [2.75, 3.05) is 6.54 Å².